The fourth-order valence-corrected chi connectivity index (χ4v) is 2.94. The normalized spacial score (nSPS) is 19.8. The summed E-state index contributed by atoms with van der Waals surface area (Å²) in [6.45, 7) is 3.23. The molecular formula is C15H18N4. The molecule has 1 fully saturated rings. The second-order valence-corrected chi connectivity index (χ2v) is 5.20. The number of H-pyrrole nitrogens is 1. The van der Waals surface area contributed by atoms with Crippen LogP contribution in [0.2, 0.25) is 0 Å². The molecule has 1 aliphatic rings. The summed E-state index contributed by atoms with van der Waals surface area (Å²) in [5.74, 6) is 0.526. The molecule has 0 spiro atoms. The van der Waals surface area contributed by atoms with Gasteiger partial charge in [0.2, 0.25) is 0 Å². The number of nitrogens with one attached hydrogen (secondary N) is 1. The van der Waals surface area contributed by atoms with Crippen LogP contribution in [0.4, 0.5) is 0 Å². The van der Waals surface area contributed by atoms with E-state index in [2.05, 4.69) is 39.4 Å². The van der Waals surface area contributed by atoms with Crippen molar-refractivity contribution in [1.29, 1.82) is 5.26 Å². The molecule has 1 aliphatic heterocycles. The second-order valence-electron chi connectivity index (χ2n) is 5.20. The van der Waals surface area contributed by atoms with E-state index in [-0.39, 0.29) is 0 Å². The van der Waals surface area contributed by atoms with Gasteiger partial charge in [-0.05, 0) is 32.0 Å². The van der Waals surface area contributed by atoms with Crippen molar-refractivity contribution >= 4 is 10.9 Å². The minimum Gasteiger partial charge on any atom is -0.303 e. The summed E-state index contributed by atoms with van der Waals surface area (Å²) in [5.41, 5.74) is 2.33. The number of hydrogen-bond donors (Lipinski definition) is 1. The largest absolute Gasteiger partial charge is 0.303 e. The SMILES string of the molecule is N#CCCCN1CCC(c2n[nH]c3ccccc23)C1. The van der Waals surface area contributed by atoms with Crippen molar-refractivity contribution in [2.45, 2.75) is 25.2 Å². The first-order valence-electron chi connectivity index (χ1n) is 6.91. The third-order valence-corrected chi connectivity index (χ3v) is 3.92. The molecule has 2 aromatic rings. The zero-order valence-electron chi connectivity index (χ0n) is 11.0. The smallest absolute Gasteiger partial charge is 0.0744 e. The quantitative estimate of drug-likeness (QED) is 0.853. The predicted molar refractivity (Wildman–Crippen MR) is 74.7 cm³/mol. The van der Waals surface area contributed by atoms with Gasteiger partial charge in [0.15, 0.2) is 0 Å². The molecule has 98 valence electrons. The summed E-state index contributed by atoms with van der Waals surface area (Å²) in [6.07, 6.45) is 2.80. The maximum atomic E-state index is 8.58. The molecule has 2 heterocycles. The number of benzene rings is 1. The van der Waals surface area contributed by atoms with Crippen molar-refractivity contribution in [1.82, 2.24) is 15.1 Å². The molecule has 1 aromatic heterocycles. The standard InChI is InChI=1S/C15H18N4/c16-8-3-4-9-19-10-7-12(11-19)15-13-5-1-2-6-14(13)17-18-15/h1-2,5-6,12H,3-4,7,9-11H2,(H,17,18). The fraction of sp³-hybridized carbons (Fsp3) is 0.467. The topological polar surface area (TPSA) is 55.7 Å². The van der Waals surface area contributed by atoms with E-state index in [1.807, 2.05) is 6.07 Å². The number of fused-ring (bicyclic) bond motifs is 1. The van der Waals surface area contributed by atoms with Gasteiger partial charge < -0.3 is 4.90 Å². The van der Waals surface area contributed by atoms with E-state index in [9.17, 15) is 0 Å². The van der Waals surface area contributed by atoms with Gasteiger partial charge in [0.05, 0.1) is 17.3 Å². The molecular weight excluding hydrogens is 236 g/mol. The molecule has 0 radical (unpaired) electrons. The molecule has 0 bridgehead atoms. The Morgan fingerprint density at radius 1 is 1.42 bits per heavy atom. The second kappa shape index (κ2) is 5.41. The third kappa shape index (κ3) is 2.47. The molecule has 0 saturated carbocycles. The minimum absolute atomic E-state index is 0.526. The molecule has 1 unspecified atom stereocenters. The monoisotopic (exact) mass is 254 g/mol. The van der Waals surface area contributed by atoms with Crippen LogP contribution in [-0.4, -0.2) is 34.7 Å². The number of aromatic nitrogens is 2. The number of aromatic amines is 1. The molecule has 3 rings (SSSR count). The molecule has 1 N–H and O–H groups in total. The lowest BCUT2D eigenvalue weighted by molar-refractivity contribution is 0.330. The molecule has 19 heavy (non-hydrogen) atoms. The van der Waals surface area contributed by atoms with E-state index in [0.717, 1.165) is 31.6 Å². The lowest BCUT2D eigenvalue weighted by Crippen LogP contribution is -2.21. The summed E-state index contributed by atoms with van der Waals surface area (Å²) in [6, 6.07) is 10.5. The summed E-state index contributed by atoms with van der Waals surface area (Å²) < 4.78 is 0. The van der Waals surface area contributed by atoms with E-state index in [1.165, 1.54) is 17.5 Å². The van der Waals surface area contributed by atoms with E-state index < -0.39 is 0 Å². The van der Waals surface area contributed by atoms with Gasteiger partial charge in [0, 0.05) is 24.3 Å². The van der Waals surface area contributed by atoms with Crippen LogP contribution in [0.25, 0.3) is 10.9 Å². The predicted octanol–water partition coefficient (Wildman–Crippen LogP) is 2.66. The van der Waals surface area contributed by atoms with Gasteiger partial charge in [0.25, 0.3) is 0 Å². The lowest BCUT2D eigenvalue weighted by atomic mass is 10.0. The van der Waals surface area contributed by atoms with Gasteiger partial charge in [-0.25, -0.2) is 0 Å². The number of likely N-dealkylation sites (tertiary alicyclic amines) is 1. The van der Waals surface area contributed by atoms with Crippen LogP contribution in [0, 0.1) is 11.3 Å². The van der Waals surface area contributed by atoms with Crippen molar-refractivity contribution in [2.24, 2.45) is 0 Å². The van der Waals surface area contributed by atoms with Gasteiger partial charge >= 0.3 is 0 Å². The molecule has 1 atom stereocenters. The van der Waals surface area contributed by atoms with Crippen molar-refractivity contribution < 1.29 is 0 Å². The summed E-state index contributed by atoms with van der Waals surface area (Å²) in [5, 5.41) is 17.5. The van der Waals surface area contributed by atoms with Crippen LogP contribution in [0.3, 0.4) is 0 Å². The van der Waals surface area contributed by atoms with Crippen molar-refractivity contribution in [3.63, 3.8) is 0 Å². The maximum Gasteiger partial charge on any atom is 0.0744 e. The van der Waals surface area contributed by atoms with E-state index >= 15 is 0 Å². The molecule has 1 saturated heterocycles. The van der Waals surface area contributed by atoms with Crippen LogP contribution in [-0.2, 0) is 0 Å². The molecule has 0 aliphatic carbocycles. The number of hydrogen-bond acceptors (Lipinski definition) is 3. The number of unbranched alkanes of at least 4 members (excludes halogenated alkanes) is 1. The number of rotatable bonds is 4. The molecule has 1 aromatic carbocycles. The van der Waals surface area contributed by atoms with Gasteiger partial charge in [-0.1, -0.05) is 18.2 Å². The zero-order chi connectivity index (χ0) is 13.1. The van der Waals surface area contributed by atoms with Crippen LogP contribution in [0.1, 0.15) is 30.9 Å². The first-order valence-corrected chi connectivity index (χ1v) is 6.91. The first kappa shape index (κ1) is 12.2. The average Bonchev–Trinajstić information content (AvgIpc) is 3.05. The van der Waals surface area contributed by atoms with Gasteiger partial charge in [-0.3, -0.25) is 5.10 Å². The highest BCUT2D eigenvalue weighted by Crippen LogP contribution is 2.30. The van der Waals surface area contributed by atoms with Crippen molar-refractivity contribution in [2.75, 3.05) is 19.6 Å². The Hall–Kier alpha value is -1.86. The Morgan fingerprint density at radius 3 is 3.21 bits per heavy atom. The fourth-order valence-electron chi connectivity index (χ4n) is 2.94. The Labute approximate surface area is 113 Å². The minimum atomic E-state index is 0.526. The van der Waals surface area contributed by atoms with Crippen LogP contribution >= 0.6 is 0 Å². The summed E-state index contributed by atoms with van der Waals surface area (Å²) in [4.78, 5) is 2.45. The van der Waals surface area contributed by atoms with Crippen molar-refractivity contribution in [3.8, 4) is 6.07 Å². The molecule has 4 nitrogen and oxygen atoms in total. The molecule has 4 heteroatoms. The van der Waals surface area contributed by atoms with Crippen molar-refractivity contribution in [3.05, 3.63) is 30.0 Å². The van der Waals surface area contributed by atoms with Crippen LogP contribution < -0.4 is 0 Å². The highest BCUT2D eigenvalue weighted by Gasteiger charge is 2.26. The first-order chi connectivity index (χ1) is 9.38. The third-order valence-electron chi connectivity index (χ3n) is 3.92. The highest BCUT2D eigenvalue weighted by molar-refractivity contribution is 5.81. The van der Waals surface area contributed by atoms with Crippen LogP contribution in [0.5, 0.6) is 0 Å². The Bertz CT molecular complexity index is 595. The van der Waals surface area contributed by atoms with E-state index in [0.29, 0.717) is 12.3 Å². The summed E-state index contributed by atoms with van der Waals surface area (Å²) in [7, 11) is 0. The van der Waals surface area contributed by atoms with Crippen LogP contribution in [0.15, 0.2) is 24.3 Å². The van der Waals surface area contributed by atoms with Gasteiger partial charge in [-0.15, -0.1) is 0 Å². The van der Waals surface area contributed by atoms with Gasteiger partial charge in [-0.2, -0.15) is 10.4 Å². The lowest BCUT2D eigenvalue weighted by Gasteiger charge is -2.14. The molecule has 0 amide bonds. The summed E-state index contributed by atoms with van der Waals surface area (Å²) >= 11 is 0. The Kier molecular flexibility index (Phi) is 3.47. The Balaban J connectivity index is 1.69. The number of para-hydroxylation sites is 1. The van der Waals surface area contributed by atoms with E-state index in [4.69, 9.17) is 5.26 Å². The Morgan fingerprint density at radius 2 is 2.32 bits per heavy atom. The van der Waals surface area contributed by atoms with E-state index in [1.54, 1.807) is 0 Å². The number of nitriles is 1. The number of nitrogens with zero attached hydrogens (tertiary/aromatic N) is 3. The zero-order valence-corrected chi connectivity index (χ0v) is 11.0. The maximum absolute atomic E-state index is 8.58. The highest BCUT2D eigenvalue weighted by atomic mass is 15.2. The van der Waals surface area contributed by atoms with Gasteiger partial charge in [0.1, 0.15) is 0 Å². The average molecular weight is 254 g/mol.